The summed E-state index contributed by atoms with van der Waals surface area (Å²) in [7, 11) is 0. The lowest BCUT2D eigenvalue weighted by Crippen LogP contribution is -2.10. The molecule has 2 aromatic carbocycles. The average Bonchev–Trinajstić information content (AvgIpc) is 2.47. The van der Waals surface area contributed by atoms with E-state index in [1.807, 2.05) is 24.3 Å². The van der Waals surface area contributed by atoms with E-state index in [2.05, 4.69) is 20.8 Å². The van der Waals surface area contributed by atoms with Gasteiger partial charge < -0.3 is 20.7 Å². The molecule has 23 heavy (non-hydrogen) atoms. The van der Waals surface area contributed by atoms with E-state index < -0.39 is 5.97 Å². The Morgan fingerprint density at radius 3 is 2.30 bits per heavy atom. The minimum Gasteiger partial charge on any atom is -0.507 e. The van der Waals surface area contributed by atoms with Crippen LogP contribution in [0.25, 0.3) is 0 Å². The Hall–Kier alpha value is -2.69. The van der Waals surface area contributed by atoms with Crippen molar-refractivity contribution in [2.45, 2.75) is 32.8 Å². The molecule has 5 nitrogen and oxygen atoms in total. The fourth-order valence-corrected chi connectivity index (χ4v) is 2.20. The highest BCUT2D eigenvalue weighted by molar-refractivity contribution is 5.92. The number of hydrogen-bond donors (Lipinski definition) is 3. The number of nitrogens with two attached hydrogens (primary N) is 1. The van der Waals surface area contributed by atoms with Gasteiger partial charge in [0.2, 0.25) is 0 Å². The molecule has 2 aromatic rings. The van der Waals surface area contributed by atoms with Crippen LogP contribution in [0.5, 0.6) is 11.5 Å². The maximum atomic E-state index is 11.1. The first-order valence-electron chi connectivity index (χ1n) is 7.26. The fraction of sp³-hybridized carbons (Fsp3) is 0.278. The van der Waals surface area contributed by atoms with Crippen LogP contribution >= 0.6 is 0 Å². The van der Waals surface area contributed by atoms with Gasteiger partial charge in [0, 0.05) is 11.3 Å². The number of hydrogen-bond acceptors (Lipinski definition) is 4. The summed E-state index contributed by atoms with van der Waals surface area (Å²) >= 11 is 0. The molecular weight excluding hydrogens is 294 g/mol. The lowest BCUT2D eigenvalue weighted by molar-refractivity contribution is 0.0693. The van der Waals surface area contributed by atoms with Crippen LogP contribution in [0, 0.1) is 0 Å². The minimum atomic E-state index is -1.23. The third-order valence-corrected chi connectivity index (χ3v) is 3.56. The number of phenols is 1. The number of rotatable bonds is 4. The second kappa shape index (κ2) is 6.20. The van der Waals surface area contributed by atoms with Crippen LogP contribution in [0.4, 0.5) is 5.69 Å². The Morgan fingerprint density at radius 1 is 1.17 bits per heavy atom. The number of benzene rings is 2. The van der Waals surface area contributed by atoms with Gasteiger partial charge in [-0.3, -0.25) is 0 Å². The quantitative estimate of drug-likeness (QED) is 0.592. The highest BCUT2D eigenvalue weighted by Crippen LogP contribution is 2.28. The van der Waals surface area contributed by atoms with Crippen molar-refractivity contribution < 1.29 is 19.7 Å². The molecule has 0 aliphatic carbocycles. The summed E-state index contributed by atoms with van der Waals surface area (Å²) in [4.78, 5) is 11.1. The van der Waals surface area contributed by atoms with Crippen molar-refractivity contribution in [2.24, 2.45) is 0 Å². The van der Waals surface area contributed by atoms with Crippen LogP contribution in [-0.4, -0.2) is 16.2 Å². The molecule has 0 radical (unpaired) electrons. The summed E-state index contributed by atoms with van der Waals surface area (Å²) in [5, 5.41) is 19.0. The normalized spacial score (nSPS) is 11.3. The summed E-state index contributed by atoms with van der Waals surface area (Å²) in [5.41, 5.74) is 7.29. The molecule has 2 rings (SSSR count). The third kappa shape index (κ3) is 3.94. The fourth-order valence-electron chi connectivity index (χ4n) is 2.20. The molecule has 5 heteroatoms. The summed E-state index contributed by atoms with van der Waals surface area (Å²) in [6.07, 6.45) is 0. The van der Waals surface area contributed by atoms with Gasteiger partial charge in [-0.15, -0.1) is 0 Å². The number of aromatic hydroxyl groups is 1. The molecular formula is C18H21NO4. The predicted octanol–water partition coefficient (Wildman–Crippen LogP) is 3.55. The Bertz CT molecular complexity index is 715. The Balaban J connectivity index is 2.17. The van der Waals surface area contributed by atoms with Crippen molar-refractivity contribution in [1.29, 1.82) is 0 Å². The summed E-state index contributed by atoms with van der Waals surface area (Å²) in [6.45, 7) is 6.41. The Labute approximate surface area is 135 Å². The van der Waals surface area contributed by atoms with Crippen LogP contribution < -0.4 is 10.5 Å². The minimum absolute atomic E-state index is 0.0337. The van der Waals surface area contributed by atoms with Gasteiger partial charge in [-0.25, -0.2) is 4.79 Å². The highest BCUT2D eigenvalue weighted by atomic mass is 16.5. The monoisotopic (exact) mass is 315 g/mol. The van der Waals surface area contributed by atoms with E-state index >= 15 is 0 Å². The number of nitrogen functional groups attached to an aromatic ring is 1. The van der Waals surface area contributed by atoms with Gasteiger partial charge >= 0.3 is 5.97 Å². The van der Waals surface area contributed by atoms with Gasteiger partial charge in [0.15, 0.2) is 0 Å². The second-order valence-electron chi connectivity index (χ2n) is 6.44. The zero-order valence-corrected chi connectivity index (χ0v) is 13.5. The lowest BCUT2D eigenvalue weighted by atomic mass is 9.87. The van der Waals surface area contributed by atoms with Crippen molar-refractivity contribution >= 4 is 11.7 Å². The molecule has 0 saturated carbocycles. The number of carboxylic acids is 1. The van der Waals surface area contributed by atoms with E-state index in [-0.39, 0.29) is 29.0 Å². The highest BCUT2D eigenvalue weighted by Gasteiger charge is 2.16. The SMILES string of the molecule is CC(C)(C)c1ccc(OCc2cc(N)cc(C(=O)O)c2O)cc1. The first kappa shape index (κ1) is 16.7. The van der Waals surface area contributed by atoms with Crippen molar-refractivity contribution in [3.63, 3.8) is 0 Å². The van der Waals surface area contributed by atoms with E-state index in [9.17, 15) is 9.90 Å². The largest absolute Gasteiger partial charge is 0.507 e. The topological polar surface area (TPSA) is 92.8 Å². The molecule has 0 bridgehead atoms. The number of anilines is 1. The summed E-state index contributed by atoms with van der Waals surface area (Å²) in [6, 6.07) is 10.4. The van der Waals surface area contributed by atoms with Gasteiger partial charge in [-0.05, 0) is 35.2 Å². The van der Waals surface area contributed by atoms with Gasteiger partial charge in [-0.2, -0.15) is 0 Å². The van der Waals surface area contributed by atoms with Crippen LogP contribution in [0.2, 0.25) is 0 Å². The Morgan fingerprint density at radius 2 is 1.78 bits per heavy atom. The van der Waals surface area contributed by atoms with Gasteiger partial charge in [0.25, 0.3) is 0 Å². The molecule has 0 aliphatic rings. The first-order chi connectivity index (χ1) is 10.7. The van der Waals surface area contributed by atoms with E-state index in [1.165, 1.54) is 17.7 Å². The van der Waals surface area contributed by atoms with Crippen LogP contribution in [0.1, 0.15) is 42.3 Å². The molecule has 0 saturated heterocycles. The zero-order valence-electron chi connectivity index (χ0n) is 13.5. The first-order valence-corrected chi connectivity index (χ1v) is 7.26. The standard InChI is InChI=1S/C18H21NO4/c1-18(2,3)12-4-6-14(7-5-12)23-10-11-8-13(19)9-15(16(11)20)17(21)22/h4-9,20H,10,19H2,1-3H3,(H,21,22). The molecule has 0 fully saturated rings. The van der Waals surface area contributed by atoms with E-state index in [0.717, 1.165) is 0 Å². The molecule has 0 unspecified atom stereocenters. The average molecular weight is 315 g/mol. The molecule has 0 spiro atoms. The van der Waals surface area contributed by atoms with Crippen molar-refractivity contribution in [3.05, 3.63) is 53.1 Å². The van der Waals surface area contributed by atoms with E-state index in [4.69, 9.17) is 15.6 Å². The van der Waals surface area contributed by atoms with Gasteiger partial charge in [0.05, 0.1) is 0 Å². The van der Waals surface area contributed by atoms with E-state index in [1.54, 1.807) is 0 Å². The van der Waals surface area contributed by atoms with Crippen LogP contribution in [0.3, 0.4) is 0 Å². The van der Waals surface area contributed by atoms with Crippen LogP contribution in [-0.2, 0) is 12.0 Å². The second-order valence-corrected chi connectivity index (χ2v) is 6.44. The van der Waals surface area contributed by atoms with Crippen molar-refractivity contribution in [1.82, 2.24) is 0 Å². The summed E-state index contributed by atoms with van der Waals surface area (Å²) in [5.74, 6) is -0.916. The van der Waals surface area contributed by atoms with E-state index in [0.29, 0.717) is 11.3 Å². The van der Waals surface area contributed by atoms with Crippen molar-refractivity contribution in [2.75, 3.05) is 5.73 Å². The molecule has 4 N–H and O–H groups in total. The van der Waals surface area contributed by atoms with Crippen molar-refractivity contribution in [3.8, 4) is 11.5 Å². The molecule has 0 amide bonds. The van der Waals surface area contributed by atoms with Gasteiger partial charge in [0.1, 0.15) is 23.7 Å². The van der Waals surface area contributed by atoms with Gasteiger partial charge in [-0.1, -0.05) is 32.9 Å². The zero-order chi connectivity index (χ0) is 17.2. The summed E-state index contributed by atoms with van der Waals surface area (Å²) < 4.78 is 5.62. The number of aromatic carboxylic acids is 1. The number of carboxylic acid groups (broad SMARTS) is 1. The molecule has 0 heterocycles. The smallest absolute Gasteiger partial charge is 0.339 e. The number of carbonyl (C=O) groups is 1. The van der Waals surface area contributed by atoms with Crippen LogP contribution in [0.15, 0.2) is 36.4 Å². The maximum absolute atomic E-state index is 11.1. The number of ether oxygens (including phenoxy) is 1. The molecule has 0 aromatic heterocycles. The predicted molar refractivity (Wildman–Crippen MR) is 89.0 cm³/mol. The molecule has 0 aliphatic heterocycles. The molecule has 122 valence electrons. The lowest BCUT2D eigenvalue weighted by Gasteiger charge is -2.19. The third-order valence-electron chi connectivity index (χ3n) is 3.56. The molecule has 0 atom stereocenters. The maximum Gasteiger partial charge on any atom is 0.339 e. The Kier molecular flexibility index (Phi) is 4.50.